The van der Waals surface area contributed by atoms with Crippen LogP contribution in [-0.4, -0.2) is 12.1 Å². The Morgan fingerprint density at radius 1 is 1.12 bits per heavy atom. The quantitative estimate of drug-likeness (QED) is 0.843. The number of hydrogen-bond donors (Lipinski definition) is 1. The minimum Gasteiger partial charge on any atom is -0.311 e. The summed E-state index contributed by atoms with van der Waals surface area (Å²) in [5, 5.41) is 3.70. The number of halogens is 1. The van der Waals surface area contributed by atoms with Gasteiger partial charge in [-0.05, 0) is 55.2 Å². The summed E-state index contributed by atoms with van der Waals surface area (Å²) in [6, 6.07) is 8.50. The van der Waals surface area contributed by atoms with E-state index in [1.807, 2.05) is 6.07 Å². The number of rotatable bonds is 3. The van der Waals surface area contributed by atoms with Gasteiger partial charge in [0.25, 0.3) is 0 Å². The highest BCUT2D eigenvalue weighted by molar-refractivity contribution is 5.23. The second-order valence-electron chi connectivity index (χ2n) is 5.86. The lowest BCUT2D eigenvalue weighted by atomic mass is 9.73. The molecule has 2 heteroatoms. The molecular formula is C15H20FN. The summed E-state index contributed by atoms with van der Waals surface area (Å²) < 4.78 is 13.1. The first kappa shape index (κ1) is 11.2. The largest absolute Gasteiger partial charge is 0.311 e. The average molecular weight is 233 g/mol. The third-order valence-corrected chi connectivity index (χ3v) is 4.30. The molecule has 0 saturated heterocycles. The van der Waals surface area contributed by atoms with Gasteiger partial charge in [-0.2, -0.15) is 0 Å². The molecule has 0 spiro atoms. The van der Waals surface area contributed by atoms with Crippen molar-refractivity contribution in [3.05, 3.63) is 35.6 Å². The maximum atomic E-state index is 13.1. The molecule has 1 aromatic rings. The lowest BCUT2D eigenvalue weighted by molar-refractivity contribution is 0.177. The maximum absolute atomic E-state index is 13.1. The van der Waals surface area contributed by atoms with Crippen LogP contribution in [0.1, 0.15) is 44.1 Å². The lowest BCUT2D eigenvalue weighted by Gasteiger charge is -2.43. The number of nitrogens with one attached hydrogen (secondary N) is 1. The van der Waals surface area contributed by atoms with Crippen molar-refractivity contribution in [1.29, 1.82) is 0 Å². The molecule has 3 rings (SSSR count). The van der Waals surface area contributed by atoms with E-state index in [-0.39, 0.29) is 5.82 Å². The molecule has 0 bridgehead atoms. The summed E-state index contributed by atoms with van der Waals surface area (Å²) in [5.74, 6) is 1.37. The summed E-state index contributed by atoms with van der Waals surface area (Å²) in [6.45, 7) is 2.31. The van der Waals surface area contributed by atoms with Gasteiger partial charge in [-0.3, -0.25) is 0 Å². The predicted molar refractivity (Wildman–Crippen MR) is 67.5 cm³/mol. The number of benzene rings is 1. The van der Waals surface area contributed by atoms with Gasteiger partial charge in [0.05, 0.1) is 0 Å². The topological polar surface area (TPSA) is 12.0 Å². The standard InChI is InChI=1S/C15H20FN/c1-10-5-14(6-10)17-15-8-12(9-15)11-3-2-4-13(16)7-11/h2-4,7,10,12,14-15,17H,5-6,8-9H2,1H3. The van der Waals surface area contributed by atoms with Crippen LogP contribution in [0.15, 0.2) is 24.3 Å². The van der Waals surface area contributed by atoms with Crippen molar-refractivity contribution in [1.82, 2.24) is 5.32 Å². The Balaban J connectivity index is 1.48. The molecule has 2 aliphatic rings. The van der Waals surface area contributed by atoms with Crippen molar-refractivity contribution in [2.45, 2.75) is 50.6 Å². The highest BCUT2D eigenvalue weighted by atomic mass is 19.1. The van der Waals surface area contributed by atoms with E-state index in [1.54, 1.807) is 6.07 Å². The lowest BCUT2D eigenvalue weighted by Crippen LogP contribution is -2.50. The smallest absolute Gasteiger partial charge is 0.123 e. The molecule has 2 fully saturated rings. The highest BCUT2D eigenvalue weighted by Crippen LogP contribution is 2.38. The molecule has 1 aromatic carbocycles. The fourth-order valence-corrected chi connectivity index (χ4v) is 3.16. The molecule has 2 saturated carbocycles. The average Bonchev–Trinajstić information content (AvgIpc) is 2.19. The molecule has 0 radical (unpaired) electrons. The van der Waals surface area contributed by atoms with Gasteiger partial charge in [0.2, 0.25) is 0 Å². The van der Waals surface area contributed by atoms with Crippen LogP contribution in [0.5, 0.6) is 0 Å². The minimum atomic E-state index is -0.105. The Hall–Kier alpha value is -0.890. The van der Waals surface area contributed by atoms with E-state index >= 15 is 0 Å². The molecule has 0 atom stereocenters. The fraction of sp³-hybridized carbons (Fsp3) is 0.600. The van der Waals surface area contributed by atoms with Crippen LogP contribution in [-0.2, 0) is 0 Å². The zero-order valence-electron chi connectivity index (χ0n) is 10.3. The highest BCUT2D eigenvalue weighted by Gasteiger charge is 2.34. The molecule has 1 N–H and O–H groups in total. The molecule has 0 unspecified atom stereocenters. The summed E-state index contributed by atoms with van der Waals surface area (Å²) in [7, 11) is 0. The Kier molecular flexibility index (Phi) is 2.91. The Labute approximate surface area is 102 Å². The van der Waals surface area contributed by atoms with Gasteiger partial charge >= 0.3 is 0 Å². The second kappa shape index (κ2) is 4.41. The van der Waals surface area contributed by atoms with E-state index in [0.717, 1.165) is 12.0 Å². The van der Waals surface area contributed by atoms with Crippen molar-refractivity contribution in [3.8, 4) is 0 Å². The van der Waals surface area contributed by atoms with Gasteiger partial charge in [-0.1, -0.05) is 19.1 Å². The fourth-order valence-electron chi connectivity index (χ4n) is 3.16. The normalized spacial score (nSPS) is 36.1. The van der Waals surface area contributed by atoms with Gasteiger partial charge in [0, 0.05) is 12.1 Å². The van der Waals surface area contributed by atoms with E-state index in [2.05, 4.69) is 18.3 Å². The SMILES string of the molecule is CC1CC(NC2CC(c3cccc(F)c3)C2)C1. The minimum absolute atomic E-state index is 0.105. The van der Waals surface area contributed by atoms with E-state index in [4.69, 9.17) is 0 Å². The molecule has 17 heavy (non-hydrogen) atoms. The summed E-state index contributed by atoms with van der Waals surface area (Å²) >= 11 is 0. The zero-order chi connectivity index (χ0) is 11.8. The summed E-state index contributed by atoms with van der Waals surface area (Å²) in [5.41, 5.74) is 1.17. The maximum Gasteiger partial charge on any atom is 0.123 e. The Bertz CT molecular complexity index is 392. The zero-order valence-corrected chi connectivity index (χ0v) is 10.3. The van der Waals surface area contributed by atoms with Crippen LogP contribution >= 0.6 is 0 Å². The molecule has 0 amide bonds. The van der Waals surface area contributed by atoms with E-state index in [0.29, 0.717) is 12.0 Å². The third kappa shape index (κ3) is 2.37. The third-order valence-electron chi connectivity index (χ3n) is 4.30. The van der Waals surface area contributed by atoms with E-state index < -0.39 is 0 Å². The molecule has 2 aliphatic carbocycles. The molecular weight excluding hydrogens is 213 g/mol. The number of hydrogen-bond acceptors (Lipinski definition) is 1. The first-order chi connectivity index (χ1) is 8.20. The summed E-state index contributed by atoms with van der Waals surface area (Å²) in [6.07, 6.45) is 5.02. The molecule has 0 aliphatic heterocycles. The van der Waals surface area contributed by atoms with Gasteiger partial charge < -0.3 is 5.32 Å². The molecule has 1 nitrogen and oxygen atoms in total. The summed E-state index contributed by atoms with van der Waals surface area (Å²) in [4.78, 5) is 0. The van der Waals surface area contributed by atoms with Gasteiger partial charge in [-0.25, -0.2) is 4.39 Å². The van der Waals surface area contributed by atoms with Gasteiger partial charge in [0.1, 0.15) is 5.82 Å². The molecule has 0 heterocycles. The Morgan fingerprint density at radius 2 is 1.82 bits per heavy atom. The van der Waals surface area contributed by atoms with Crippen molar-refractivity contribution in [2.75, 3.05) is 0 Å². The van der Waals surface area contributed by atoms with Crippen LogP contribution in [0, 0.1) is 11.7 Å². The van der Waals surface area contributed by atoms with E-state index in [1.165, 1.54) is 37.3 Å². The van der Waals surface area contributed by atoms with Crippen LogP contribution < -0.4 is 5.32 Å². The second-order valence-corrected chi connectivity index (χ2v) is 5.86. The monoisotopic (exact) mass is 233 g/mol. The molecule has 0 aromatic heterocycles. The van der Waals surface area contributed by atoms with Gasteiger partial charge in [-0.15, -0.1) is 0 Å². The van der Waals surface area contributed by atoms with Gasteiger partial charge in [0.15, 0.2) is 0 Å². The Morgan fingerprint density at radius 3 is 2.47 bits per heavy atom. The first-order valence-electron chi connectivity index (χ1n) is 6.72. The van der Waals surface area contributed by atoms with Crippen molar-refractivity contribution in [2.24, 2.45) is 5.92 Å². The van der Waals surface area contributed by atoms with Crippen molar-refractivity contribution >= 4 is 0 Å². The van der Waals surface area contributed by atoms with Crippen LogP contribution in [0.4, 0.5) is 4.39 Å². The molecule has 92 valence electrons. The first-order valence-corrected chi connectivity index (χ1v) is 6.72. The van der Waals surface area contributed by atoms with Crippen LogP contribution in [0.2, 0.25) is 0 Å². The van der Waals surface area contributed by atoms with E-state index in [9.17, 15) is 4.39 Å². The van der Waals surface area contributed by atoms with Crippen molar-refractivity contribution < 1.29 is 4.39 Å². The van der Waals surface area contributed by atoms with Crippen LogP contribution in [0.3, 0.4) is 0 Å². The van der Waals surface area contributed by atoms with Crippen molar-refractivity contribution in [3.63, 3.8) is 0 Å². The van der Waals surface area contributed by atoms with Crippen LogP contribution in [0.25, 0.3) is 0 Å². The predicted octanol–water partition coefficient (Wildman–Crippen LogP) is 3.46.